The van der Waals surface area contributed by atoms with Gasteiger partial charge in [0.2, 0.25) is 0 Å². The van der Waals surface area contributed by atoms with Crippen LogP contribution in [0.4, 0.5) is 4.79 Å². The van der Waals surface area contributed by atoms with E-state index in [1.54, 1.807) is 0 Å². The summed E-state index contributed by atoms with van der Waals surface area (Å²) in [5.74, 6) is 0.814. The predicted molar refractivity (Wildman–Crippen MR) is 126 cm³/mol. The van der Waals surface area contributed by atoms with Gasteiger partial charge in [0.05, 0.1) is 6.54 Å². The van der Waals surface area contributed by atoms with Crippen molar-refractivity contribution in [2.75, 3.05) is 13.1 Å². The summed E-state index contributed by atoms with van der Waals surface area (Å²) in [5.41, 5.74) is 4.90. The molecule has 1 atom stereocenters. The van der Waals surface area contributed by atoms with Gasteiger partial charge in [-0.3, -0.25) is 4.79 Å². The average molecular weight is 445 g/mol. The number of hydrogen-bond donors (Lipinski definition) is 2. The summed E-state index contributed by atoms with van der Waals surface area (Å²) in [6.45, 7) is 3.12. The Hall–Kier alpha value is -3.80. The van der Waals surface area contributed by atoms with Crippen molar-refractivity contribution < 1.29 is 19.1 Å². The van der Waals surface area contributed by atoms with Gasteiger partial charge in [0, 0.05) is 18.5 Å². The number of ether oxygens (including phenoxy) is 2. The van der Waals surface area contributed by atoms with E-state index in [2.05, 4.69) is 10.6 Å². The minimum absolute atomic E-state index is 0.0679. The molecule has 0 saturated carbocycles. The van der Waals surface area contributed by atoms with Crippen LogP contribution in [0.5, 0.6) is 5.75 Å². The van der Waals surface area contributed by atoms with Crippen LogP contribution < -0.4 is 15.4 Å². The maximum absolute atomic E-state index is 12.2. The number of carbonyl (C=O) groups is 2. The molecule has 170 valence electrons. The van der Waals surface area contributed by atoms with E-state index in [0.717, 1.165) is 40.8 Å². The van der Waals surface area contributed by atoms with E-state index < -0.39 is 6.09 Å². The summed E-state index contributed by atoms with van der Waals surface area (Å²) >= 11 is 0. The molecule has 0 bridgehead atoms. The molecule has 1 unspecified atom stereocenters. The fraction of sp³-hybridized carbons (Fsp3) is 0.259. The minimum Gasteiger partial charge on any atom is -0.488 e. The number of amides is 2. The van der Waals surface area contributed by atoms with E-state index in [9.17, 15) is 9.59 Å². The van der Waals surface area contributed by atoms with Gasteiger partial charge in [-0.1, -0.05) is 60.2 Å². The summed E-state index contributed by atoms with van der Waals surface area (Å²) < 4.78 is 11.1. The zero-order valence-corrected chi connectivity index (χ0v) is 18.7. The molecule has 2 N–H and O–H groups in total. The van der Waals surface area contributed by atoms with Gasteiger partial charge in [-0.25, -0.2) is 4.79 Å². The largest absolute Gasteiger partial charge is 0.488 e. The highest BCUT2D eigenvalue weighted by atomic mass is 16.5. The summed E-state index contributed by atoms with van der Waals surface area (Å²) in [5, 5.41) is 5.72. The molecule has 6 nitrogen and oxygen atoms in total. The third kappa shape index (κ3) is 6.35. The van der Waals surface area contributed by atoms with Crippen molar-refractivity contribution in [3.63, 3.8) is 0 Å². The van der Waals surface area contributed by atoms with Crippen molar-refractivity contribution in [3.8, 4) is 5.75 Å². The van der Waals surface area contributed by atoms with Gasteiger partial charge in [0.25, 0.3) is 5.91 Å². The first-order valence-electron chi connectivity index (χ1n) is 11.1. The van der Waals surface area contributed by atoms with E-state index in [-0.39, 0.29) is 18.6 Å². The Bertz CT molecular complexity index is 1090. The van der Waals surface area contributed by atoms with Gasteiger partial charge >= 0.3 is 6.09 Å². The molecule has 1 aliphatic heterocycles. The van der Waals surface area contributed by atoms with Crippen LogP contribution in [0.15, 0.2) is 72.8 Å². The van der Waals surface area contributed by atoms with Gasteiger partial charge in [0.1, 0.15) is 18.5 Å². The highest BCUT2D eigenvalue weighted by molar-refractivity contribution is 5.94. The molecule has 0 radical (unpaired) electrons. The molecule has 0 fully saturated rings. The molecule has 1 aliphatic rings. The van der Waals surface area contributed by atoms with E-state index in [4.69, 9.17) is 9.47 Å². The first-order chi connectivity index (χ1) is 16.1. The van der Waals surface area contributed by atoms with Crippen LogP contribution in [0.25, 0.3) is 0 Å². The SMILES string of the molecule is Cc1cccc(C(=O)NCCc2ccc(COC(=O)NCC3Cc4ccccc4O3)cc2)c1. The number of alkyl carbamates (subject to hydrolysis) is 1. The van der Waals surface area contributed by atoms with Gasteiger partial charge in [-0.05, 0) is 48.2 Å². The second-order valence-corrected chi connectivity index (χ2v) is 8.20. The lowest BCUT2D eigenvalue weighted by atomic mass is 10.1. The minimum atomic E-state index is -0.461. The molecule has 0 saturated heterocycles. The fourth-order valence-electron chi connectivity index (χ4n) is 3.78. The summed E-state index contributed by atoms with van der Waals surface area (Å²) in [4.78, 5) is 24.2. The summed E-state index contributed by atoms with van der Waals surface area (Å²) in [6, 6.07) is 23.3. The topological polar surface area (TPSA) is 76.7 Å². The quantitative estimate of drug-likeness (QED) is 0.546. The van der Waals surface area contributed by atoms with Crippen LogP contribution in [-0.2, 0) is 24.2 Å². The first-order valence-corrected chi connectivity index (χ1v) is 11.1. The Labute approximate surface area is 193 Å². The maximum atomic E-state index is 12.2. The molecule has 2 amide bonds. The van der Waals surface area contributed by atoms with Gasteiger partial charge in [-0.15, -0.1) is 0 Å². The number of hydrogen-bond acceptors (Lipinski definition) is 4. The van der Waals surface area contributed by atoms with Crippen LogP contribution in [0, 0.1) is 6.92 Å². The van der Waals surface area contributed by atoms with Gasteiger partial charge in [0.15, 0.2) is 0 Å². The van der Waals surface area contributed by atoms with Crippen LogP contribution >= 0.6 is 0 Å². The third-order valence-corrected chi connectivity index (χ3v) is 5.56. The lowest BCUT2D eigenvalue weighted by Crippen LogP contribution is -2.34. The van der Waals surface area contributed by atoms with Crippen molar-refractivity contribution >= 4 is 12.0 Å². The summed E-state index contributed by atoms with van der Waals surface area (Å²) in [6.07, 6.45) is 0.977. The molecular formula is C27H28N2O4. The number of nitrogens with one attached hydrogen (secondary N) is 2. The normalized spacial score (nSPS) is 14.2. The predicted octanol–water partition coefficient (Wildman–Crippen LogP) is 4.20. The zero-order valence-electron chi connectivity index (χ0n) is 18.7. The first kappa shape index (κ1) is 22.4. The molecular weight excluding hydrogens is 416 g/mol. The number of rotatable bonds is 8. The Kier molecular flexibility index (Phi) is 7.25. The highest BCUT2D eigenvalue weighted by Crippen LogP contribution is 2.27. The number of para-hydroxylation sites is 1. The van der Waals surface area contributed by atoms with Crippen molar-refractivity contribution in [1.82, 2.24) is 10.6 Å². The Morgan fingerprint density at radius 3 is 2.55 bits per heavy atom. The van der Waals surface area contributed by atoms with Gasteiger partial charge in [-0.2, -0.15) is 0 Å². The Morgan fingerprint density at radius 1 is 0.970 bits per heavy atom. The monoisotopic (exact) mass is 444 g/mol. The molecule has 33 heavy (non-hydrogen) atoms. The molecule has 0 aliphatic carbocycles. The zero-order chi connectivity index (χ0) is 23.0. The fourth-order valence-corrected chi connectivity index (χ4v) is 3.78. The third-order valence-electron chi connectivity index (χ3n) is 5.56. The van der Waals surface area contributed by atoms with Crippen LogP contribution in [0.1, 0.15) is 32.6 Å². The van der Waals surface area contributed by atoms with Crippen molar-refractivity contribution in [1.29, 1.82) is 0 Å². The molecule has 3 aromatic rings. The number of carbonyl (C=O) groups excluding carboxylic acids is 2. The molecule has 4 rings (SSSR count). The summed E-state index contributed by atoms with van der Waals surface area (Å²) in [7, 11) is 0. The number of aryl methyl sites for hydroxylation is 1. The molecule has 3 aromatic carbocycles. The Balaban J connectivity index is 1.14. The van der Waals surface area contributed by atoms with E-state index in [0.29, 0.717) is 18.7 Å². The number of benzene rings is 3. The lowest BCUT2D eigenvalue weighted by Gasteiger charge is -2.12. The average Bonchev–Trinajstić information content (AvgIpc) is 3.25. The smallest absolute Gasteiger partial charge is 0.407 e. The maximum Gasteiger partial charge on any atom is 0.407 e. The van der Waals surface area contributed by atoms with E-state index in [1.165, 1.54) is 0 Å². The van der Waals surface area contributed by atoms with Gasteiger partial charge < -0.3 is 20.1 Å². The van der Waals surface area contributed by atoms with E-state index >= 15 is 0 Å². The van der Waals surface area contributed by atoms with Crippen molar-refractivity contribution in [3.05, 3.63) is 101 Å². The second-order valence-electron chi connectivity index (χ2n) is 8.20. The molecule has 6 heteroatoms. The number of fused-ring (bicyclic) bond motifs is 1. The van der Waals surface area contributed by atoms with Crippen molar-refractivity contribution in [2.24, 2.45) is 0 Å². The van der Waals surface area contributed by atoms with Crippen LogP contribution in [0.3, 0.4) is 0 Å². The molecule has 0 spiro atoms. The molecule has 1 heterocycles. The highest BCUT2D eigenvalue weighted by Gasteiger charge is 2.22. The van der Waals surface area contributed by atoms with Crippen LogP contribution in [0.2, 0.25) is 0 Å². The standard InChI is InChI=1S/C27H28N2O4/c1-19-5-4-7-23(15-19)26(30)28-14-13-20-9-11-21(12-10-20)18-32-27(31)29-17-24-16-22-6-2-3-8-25(22)33-24/h2-12,15,24H,13-14,16-18H2,1H3,(H,28,30)(H,29,31). The molecule has 0 aromatic heterocycles. The van der Waals surface area contributed by atoms with E-state index in [1.807, 2.05) is 79.7 Å². The second kappa shape index (κ2) is 10.7. The van der Waals surface area contributed by atoms with Crippen molar-refractivity contribution in [2.45, 2.75) is 32.5 Å². The lowest BCUT2D eigenvalue weighted by molar-refractivity contribution is 0.0954. The Morgan fingerprint density at radius 2 is 1.76 bits per heavy atom. The van der Waals surface area contributed by atoms with Crippen LogP contribution in [-0.4, -0.2) is 31.2 Å².